The van der Waals surface area contributed by atoms with Gasteiger partial charge in [-0.1, -0.05) is 140 Å². The van der Waals surface area contributed by atoms with Crippen LogP contribution in [0.2, 0.25) is 0 Å². The van der Waals surface area contributed by atoms with Crippen molar-refractivity contribution in [3.05, 3.63) is 182 Å². The number of benzene rings is 8. The Morgan fingerprint density at radius 3 is 1.72 bits per heavy atom. The highest BCUT2D eigenvalue weighted by Gasteiger charge is 2.26. The Bertz CT molecular complexity index is 3410. The molecule has 0 aliphatic rings. The normalized spacial score (nSPS) is 12.1. The van der Waals surface area contributed by atoms with Crippen molar-refractivity contribution in [2.45, 2.75) is 0 Å². The van der Waals surface area contributed by atoms with E-state index in [1.54, 1.807) is 0 Å². The fourth-order valence-corrected chi connectivity index (χ4v) is 8.86. The lowest BCUT2D eigenvalue weighted by atomic mass is 9.99. The van der Waals surface area contributed by atoms with Crippen LogP contribution < -0.4 is 0 Å². The number of fused-ring (bicyclic) bond motifs is 11. The third kappa shape index (κ3) is 4.08. The lowest BCUT2D eigenvalue weighted by Crippen LogP contribution is -2.02. The second-order valence-electron chi connectivity index (χ2n) is 14.2. The average Bonchev–Trinajstić information content (AvgIpc) is 3.88. The van der Waals surface area contributed by atoms with Gasteiger partial charge in [0.1, 0.15) is 5.82 Å². The molecule has 0 bridgehead atoms. The molecule has 0 aliphatic carbocycles. The van der Waals surface area contributed by atoms with Crippen molar-refractivity contribution < 1.29 is 0 Å². The van der Waals surface area contributed by atoms with E-state index < -0.39 is 0 Å². The quantitative estimate of drug-likeness (QED) is 0.185. The van der Waals surface area contributed by atoms with Crippen LogP contribution in [0.1, 0.15) is 0 Å². The third-order valence-corrected chi connectivity index (χ3v) is 11.2. The Hall–Kier alpha value is -7.30. The van der Waals surface area contributed by atoms with Crippen LogP contribution in [-0.2, 0) is 0 Å². The number of para-hydroxylation sites is 2. The van der Waals surface area contributed by atoms with Crippen molar-refractivity contribution in [1.29, 1.82) is 0 Å². The molecule has 0 saturated carbocycles. The Morgan fingerprint density at radius 1 is 0.333 bits per heavy atom. The summed E-state index contributed by atoms with van der Waals surface area (Å²) < 4.78 is 4.90. The molecule has 12 aromatic rings. The van der Waals surface area contributed by atoms with Crippen molar-refractivity contribution in [3.8, 4) is 39.5 Å². The van der Waals surface area contributed by atoms with Gasteiger partial charge in [0.25, 0.3) is 0 Å². The second-order valence-corrected chi connectivity index (χ2v) is 14.2. The number of nitrogens with zero attached hydrogens (tertiary/aromatic N) is 4. The summed E-state index contributed by atoms with van der Waals surface area (Å²) in [4.78, 5) is 10.5. The van der Waals surface area contributed by atoms with E-state index in [4.69, 9.17) is 9.97 Å². The SMILES string of the molecule is c1ccc(-c2ccc3c(c2)c2c4c5ccccc5n5c6cc(-c7ccccc7)ccc6c(cc2n3-c2nc(-c3ccccc3)nc3ccccc23)c45)cc1. The molecule has 0 atom stereocenters. The molecule has 4 nitrogen and oxygen atoms in total. The van der Waals surface area contributed by atoms with E-state index in [-0.39, 0.29) is 0 Å². The summed E-state index contributed by atoms with van der Waals surface area (Å²) in [6, 6.07) is 65.3. The van der Waals surface area contributed by atoms with Crippen LogP contribution in [0.5, 0.6) is 0 Å². The van der Waals surface area contributed by atoms with Gasteiger partial charge in [-0.3, -0.25) is 4.57 Å². The molecule has 0 spiro atoms. The van der Waals surface area contributed by atoms with Gasteiger partial charge in [-0.2, -0.15) is 0 Å². The highest BCUT2D eigenvalue weighted by atomic mass is 15.1. The van der Waals surface area contributed by atoms with Gasteiger partial charge in [-0.05, 0) is 64.7 Å². The van der Waals surface area contributed by atoms with Crippen LogP contribution in [-0.4, -0.2) is 18.9 Å². The molecule has 0 aliphatic heterocycles. The van der Waals surface area contributed by atoms with Gasteiger partial charge in [0.05, 0.1) is 33.1 Å². The molecule has 0 N–H and O–H groups in total. The first-order chi connectivity index (χ1) is 26.8. The molecule has 0 amide bonds. The first-order valence-corrected chi connectivity index (χ1v) is 18.4. The van der Waals surface area contributed by atoms with Crippen LogP contribution in [0.3, 0.4) is 0 Å². The first-order valence-electron chi connectivity index (χ1n) is 18.4. The summed E-state index contributed by atoms with van der Waals surface area (Å²) in [5.41, 5.74) is 12.6. The summed E-state index contributed by atoms with van der Waals surface area (Å²) in [6.45, 7) is 0. The van der Waals surface area contributed by atoms with E-state index in [0.717, 1.165) is 33.3 Å². The summed E-state index contributed by atoms with van der Waals surface area (Å²) >= 11 is 0. The average molecular weight is 687 g/mol. The predicted octanol–water partition coefficient (Wildman–Crippen LogP) is 12.9. The number of hydrogen-bond donors (Lipinski definition) is 0. The molecule has 4 heterocycles. The van der Waals surface area contributed by atoms with Gasteiger partial charge in [0, 0.05) is 43.3 Å². The Morgan fingerprint density at radius 2 is 0.963 bits per heavy atom. The maximum absolute atomic E-state index is 5.43. The molecule has 12 rings (SSSR count). The van der Waals surface area contributed by atoms with E-state index in [1.807, 2.05) is 18.2 Å². The predicted molar refractivity (Wildman–Crippen MR) is 225 cm³/mol. The molecule has 0 saturated heterocycles. The van der Waals surface area contributed by atoms with Crippen molar-refractivity contribution in [2.75, 3.05) is 0 Å². The van der Waals surface area contributed by atoms with Crippen LogP contribution in [0.25, 0.3) is 110 Å². The summed E-state index contributed by atoms with van der Waals surface area (Å²) in [6.07, 6.45) is 0. The fourth-order valence-electron chi connectivity index (χ4n) is 8.86. The van der Waals surface area contributed by atoms with Gasteiger partial charge in [-0.15, -0.1) is 0 Å². The summed E-state index contributed by atoms with van der Waals surface area (Å²) in [5, 5.41) is 8.43. The molecule has 0 fully saturated rings. The molecule has 0 unspecified atom stereocenters. The van der Waals surface area contributed by atoms with Gasteiger partial charge in [0.2, 0.25) is 0 Å². The molecule has 0 radical (unpaired) electrons. The monoisotopic (exact) mass is 686 g/mol. The summed E-state index contributed by atoms with van der Waals surface area (Å²) in [7, 11) is 0. The van der Waals surface area contributed by atoms with Crippen molar-refractivity contribution in [2.24, 2.45) is 0 Å². The standard InChI is InChI=1S/C50H30N4/c1-4-14-31(15-5-1)34-25-27-43-40(28-34)46-45(54(43)50-37-20-10-12-22-41(37)51-49(52-50)33-18-8-3-9-19-33)30-39-36-26-24-35(32-16-6-2-7-17-32)29-44(36)53-42-23-13-11-21-38(42)47(46)48(39)53/h1-30H. The highest BCUT2D eigenvalue weighted by Crippen LogP contribution is 2.48. The van der Waals surface area contributed by atoms with E-state index >= 15 is 0 Å². The Labute approximate surface area is 310 Å². The van der Waals surface area contributed by atoms with Gasteiger partial charge in [0.15, 0.2) is 5.82 Å². The Balaban J connectivity index is 1.29. The Kier molecular flexibility index (Phi) is 6.02. The van der Waals surface area contributed by atoms with Crippen molar-refractivity contribution in [3.63, 3.8) is 0 Å². The number of rotatable bonds is 4. The van der Waals surface area contributed by atoms with E-state index in [2.05, 4.69) is 173 Å². The summed E-state index contributed by atoms with van der Waals surface area (Å²) in [5.74, 6) is 1.58. The van der Waals surface area contributed by atoms with Crippen LogP contribution in [0.15, 0.2) is 182 Å². The van der Waals surface area contributed by atoms with Crippen LogP contribution >= 0.6 is 0 Å². The van der Waals surface area contributed by atoms with Crippen molar-refractivity contribution in [1.82, 2.24) is 18.9 Å². The zero-order valence-electron chi connectivity index (χ0n) is 29.1. The zero-order chi connectivity index (χ0) is 35.3. The number of aromatic nitrogens is 4. The first kappa shape index (κ1) is 29.3. The third-order valence-electron chi connectivity index (χ3n) is 11.2. The second kappa shape index (κ2) is 11.1. The van der Waals surface area contributed by atoms with Crippen LogP contribution in [0, 0.1) is 0 Å². The molecule has 4 aromatic heterocycles. The molecular weight excluding hydrogens is 657 g/mol. The number of hydrogen-bond acceptors (Lipinski definition) is 2. The largest absolute Gasteiger partial charge is 0.308 e. The van der Waals surface area contributed by atoms with Crippen molar-refractivity contribution >= 4 is 70.8 Å². The smallest absolute Gasteiger partial charge is 0.162 e. The highest BCUT2D eigenvalue weighted by molar-refractivity contribution is 6.36. The maximum atomic E-state index is 5.43. The molecule has 4 heteroatoms. The van der Waals surface area contributed by atoms with Gasteiger partial charge in [-0.25, -0.2) is 9.97 Å². The molecule has 250 valence electrons. The van der Waals surface area contributed by atoms with Gasteiger partial charge >= 0.3 is 0 Å². The molecular formula is C50H30N4. The molecule has 8 aromatic carbocycles. The molecule has 54 heavy (non-hydrogen) atoms. The topological polar surface area (TPSA) is 35.1 Å². The van der Waals surface area contributed by atoms with Crippen LogP contribution in [0.4, 0.5) is 0 Å². The van der Waals surface area contributed by atoms with E-state index in [9.17, 15) is 0 Å². The van der Waals surface area contributed by atoms with E-state index in [0.29, 0.717) is 5.82 Å². The fraction of sp³-hybridized carbons (Fsp3) is 0. The lowest BCUT2D eigenvalue weighted by molar-refractivity contribution is 1.08. The minimum atomic E-state index is 0.709. The minimum Gasteiger partial charge on any atom is -0.308 e. The van der Waals surface area contributed by atoms with Gasteiger partial charge < -0.3 is 4.40 Å². The lowest BCUT2D eigenvalue weighted by Gasteiger charge is -2.13. The zero-order valence-corrected chi connectivity index (χ0v) is 29.1. The van der Waals surface area contributed by atoms with E-state index in [1.165, 1.54) is 71.1 Å². The maximum Gasteiger partial charge on any atom is 0.162 e. The minimum absolute atomic E-state index is 0.709.